The Bertz CT molecular complexity index is 1300. The second-order valence-corrected chi connectivity index (χ2v) is 7.51. The average Bonchev–Trinajstić information content (AvgIpc) is 3.26. The lowest BCUT2D eigenvalue weighted by Gasteiger charge is -2.18. The standard InChI is InChI=1S/C25H21N3O4/c29-21(17-4-2-1-3-5-17)8-11-25(30)26-19-7-10-24-27-20(16-28(24)15-19)18-6-9-22-23(14-18)32-13-12-31-22/h1-7,9-10,14-16H,8,11-13H2,(H,26,30). The maximum atomic E-state index is 12.3. The van der Waals surface area contributed by atoms with E-state index >= 15 is 0 Å². The molecule has 1 N–H and O–H groups in total. The van der Waals surface area contributed by atoms with Crippen LogP contribution in [0.15, 0.2) is 73.1 Å². The lowest BCUT2D eigenvalue weighted by molar-refractivity contribution is -0.116. The minimum absolute atomic E-state index is 0.0464. The summed E-state index contributed by atoms with van der Waals surface area (Å²) in [6.45, 7) is 1.08. The third-order valence-electron chi connectivity index (χ3n) is 5.25. The van der Waals surface area contributed by atoms with Crippen LogP contribution < -0.4 is 14.8 Å². The molecule has 0 radical (unpaired) electrons. The van der Waals surface area contributed by atoms with E-state index in [1.807, 2.05) is 53.1 Å². The summed E-state index contributed by atoms with van der Waals surface area (Å²) in [6.07, 6.45) is 3.99. The number of carbonyl (C=O) groups is 2. The molecule has 0 fully saturated rings. The first-order chi connectivity index (χ1) is 15.7. The van der Waals surface area contributed by atoms with Crippen molar-refractivity contribution in [2.45, 2.75) is 12.8 Å². The Hall–Kier alpha value is -4.13. The topological polar surface area (TPSA) is 81.9 Å². The molecule has 1 aliphatic heterocycles. The summed E-state index contributed by atoms with van der Waals surface area (Å²) in [4.78, 5) is 29.2. The summed E-state index contributed by atoms with van der Waals surface area (Å²) in [6, 6.07) is 18.4. The lowest BCUT2D eigenvalue weighted by Crippen LogP contribution is -2.15. The Balaban J connectivity index is 1.27. The number of ketones is 1. The van der Waals surface area contributed by atoms with Gasteiger partial charge in [-0.05, 0) is 30.3 Å². The minimum atomic E-state index is -0.208. The second-order valence-electron chi connectivity index (χ2n) is 7.51. The summed E-state index contributed by atoms with van der Waals surface area (Å²) in [7, 11) is 0. The molecule has 5 rings (SSSR count). The molecule has 1 aliphatic rings. The van der Waals surface area contributed by atoms with Gasteiger partial charge in [0, 0.05) is 36.4 Å². The van der Waals surface area contributed by atoms with E-state index in [2.05, 4.69) is 10.3 Å². The normalized spacial score (nSPS) is 12.5. The number of carbonyl (C=O) groups excluding carboxylic acids is 2. The van der Waals surface area contributed by atoms with Crippen molar-refractivity contribution in [3.8, 4) is 22.8 Å². The predicted octanol–water partition coefficient (Wildman–Crippen LogP) is 4.37. The van der Waals surface area contributed by atoms with Crippen LogP contribution in [0, 0.1) is 0 Å². The molecule has 4 aromatic rings. The number of hydrogen-bond donors (Lipinski definition) is 1. The Morgan fingerprint density at radius 1 is 0.906 bits per heavy atom. The Morgan fingerprint density at radius 3 is 2.56 bits per heavy atom. The molecule has 0 spiro atoms. The Labute approximate surface area is 184 Å². The number of imidazole rings is 1. The van der Waals surface area contributed by atoms with Crippen molar-refractivity contribution in [3.63, 3.8) is 0 Å². The quantitative estimate of drug-likeness (QED) is 0.462. The summed E-state index contributed by atoms with van der Waals surface area (Å²) in [5, 5.41) is 2.85. The van der Waals surface area contributed by atoms with Crippen molar-refractivity contribution in [2.24, 2.45) is 0 Å². The van der Waals surface area contributed by atoms with E-state index in [0.29, 0.717) is 30.2 Å². The molecular formula is C25H21N3O4. The molecule has 2 aromatic carbocycles. The third kappa shape index (κ3) is 4.18. The number of nitrogens with one attached hydrogen (secondary N) is 1. The van der Waals surface area contributed by atoms with Crippen LogP contribution in [0.2, 0.25) is 0 Å². The molecule has 7 heteroatoms. The summed E-state index contributed by atoms with van der Waals surface area (Å²) < 4.78 is 13.1. The number of ether oxygens (including phenoxy) is 2. The van der Waals surface area contributed by atoms with E-state index in [9.17, 15) is 9.59 Å². The Kier molecular flexibility index (Phi) is 5.29. The maximum absolute atomic E-state index is 12.3. The first-order valence-electron chi connectivity index (χ1n) is 10.4. The molecule has 160 valence electrons. The number of benzene rings is 2. The van der Waals surface area contributed by atoms with Crippen LogP contribution in [-0.2, 0) is 4.79 Å². The fraction of sp³-hybridized carbons (Fsp3) is 0.160. The van der Waals surface area contributed by atoms with E-state index in [0.717, 1.165) is 22.7 Å². The first-order valence-corrected chi connectivity index (χ1v) is 10.4. The van der Waals surface area contributed by atoms with Crippen molar-refractivity contribution in [2.75, 3.05) is 18.5 Å². The molecule has 0 saturated heterocycles. The van der Waals surface area contributed by atoms with Crippen LogP contribution in [0.4, 0.5) is 5.69 Å². The number of aromatic nitrogens is 2. The van der Waals surface area contributed by atoms with Crippen molar-refractivity contribution >= 4 is 23.0 Å². The molecule has 32 heavy (non-hydrogen) atoms. The van der Waals surface area contributed by atoms with Gasteiger partial charge in [-0.25, -0.2) is 4.98 Å². The second kappa shape index (κ2) is 8.55. The molecule has 7 nitrogen and oxygen atoms in total. The van der Waals surface area contributed by atoms with Crippen molar-refractivity contribution in [3.05, 3.63) is 78.6 Å². The van der Waals surface area contributed by atoms with Gasteiger partial charge in [0.2, 0.25) is 5.91 Å². The van der Waals surface area contributed by atoms with Crippen LogP contribution >= 0.6 is 0 Å². The van der Waals surface area contributed by atoms with Gasteiger partial charge in [-0.2, -0.15) is 0 Å². The number of amides is 1. The van der Waals surface area contributed by atoms with Crippen LogP contribution in [0.5, 0.6) is 11.5 Å². The van der Waals surface area contributed by atoms with Crippen molar-refractivity contribution in [1.29, 1.82) is 0 Å². The van der Waals surface area contributed by atoms with Gasteiger partial charge in [0.15, 0.2) is 17.3 Å². The molecule has 0 bridgehead atoms. The SMILES string of the molecule is O=C(CCC(=O)c1ccccc1)Nc1ccc2nc(-c3ccc4c(c3)OCCO4)cn2c1. The number of fused-ring (bicyclic) bond motifs is 2. The number of anilines is 1. The third-order valence-corrected chi connectivity index (χ3v) is 5.25. The van der Waals surface area contributed by atoms with Gasteiger partial charge in [0.05, 0.1) is 11.4 Å². The number of Topliss-reactive ketones (excluding diaryl/α,β-unsaturated/α-hetero) is 1. The highest BCUT2D eigenvalue weighted by Gasteiger charge is 2.14. The maximum Gasteiger partial charge on any atom is 0.224 e. The zero-order valence-electron chi connectivity index (χ0n) is 17.3. The molecule has 0 unspecified atom stereocenters. The molecule has 3 heterocycles. The number of pyridine rings is 1. The van der Waals surface area contributed by atoms with E-state index in [1.54, 1.807) is 24.4 Å². The summed E-state index contributed by atoms with van der Waals surface area (Å²) in [5.41, 5.74) is 3.72. The van der Waals surface area contributed by atoms with E-state index in [-0.39, 0.29) is 24.5 Å². The fourth-order valence-electron chi connectivity index (χ4n) is 3.63. The molecule has 1 amide bonds. The fourth-order valence-corrected chi connectivity index (χ4v) is 3.63. The Morgan fingerprint density at radius 2 is 1.72 bits per heavy atom. The van der Waals surface area contributed by atoms with Gasteiger partial charge < -0.3 is 19.2 Å². The highest BCUT2D eigenvalue weighted by molar-refractivity contribution is 6.00. The largest absolute Gasteiger partial charge is 0.486 e. The smallest absolute Gasteiger partial charge is 0.224 e. The molecule has 0 aliphatic carbocycles. The van der Waals surface area contributed by atoms with Gasteiger partial charge >= 0.3 is 0 Å². The average molecular weight is 427 g/mol. The lowest BCUT2D eigenvalue weighted by atomic mass is 10.1. The number of hydrogen-bond acceptors (Lipinski definition) is 5. The molecule has 0 saturated carbocycles. The first kappa shape index (κ1) is 19.8. The van der Waals surface area contributed by atoms with E-state index in [4.69, 9.17) is 9.47 Å². The van der Waals surface area contributed by atoms with Crippen LogP contribution in [0.3, 0.4) is 0 Å². The van der Waals surface area contributed by atoms with E-state index in [1.165, 1.54) is 0 Å². The number of nitrogens with zero attached hydrogens (tertiary/aromatic N) is 2. The molecule has 2 aromatic heterocycles. The number of rotatable bonds is 6. The predicted molar refractivity (Wildman–Crippen MR) is 120 cm³/mol. The monoisotopic (exact) mass is 427 g/mol. The minimum Gasteiger partial charge on any atom is -0.486 e. The molecule has 0 atom stereocenters. The zero-order valence-corrected chi connectivity index (χ0v) is 17.3. The van der Waals surface area contributed by atoms with Crippen LogP contribution in [0.1, 0.15) is 23.2 Å². The van der Waals surface area contributed by atoms with E-state index < -0.39 is 0 Å². The van der Waals surface area contributed by atoms with Crippen LogP contribution in [0.25, 0.3) is 16.9 Å². The van der Waals surface area contributed by atoms with Gasteiger partial charge in [-0.1, -0.05) is 30.3 Å². The van der Waals surface area contributed by atoms with Gasteiger partial charge in [-0.3, -0.25) is 9.59 Å². The highest BCUT2D eigenvalue weighted by atomic mass is 16.6. The highest BCUT2D eigenvalue weighted by Crippen LogP contribution is 2.34. The summed E-state index contributed by atoms with van der Waals surface area (Å²) >= 11 is 0. The van der Waals surface area contributed by atoms with Gasteiger partial charge in [0.1, 0.15) is 18.9 Å². The zero-order chi connectivity index (χ0) is 21.9. The summed E-state index contributed by atoms with van der Waals surface area (Å²) in [5.74, 6) is 1.19. The van der Waals surface area contributed by atoms with Gasteiger partial charge in [0.25, 0.3) is 0 Å². The molecular weight excluding hydrogens is 406 g/mol. The van der Waals surface area contributed by atoms with Crippen molar-refractivity contribution in [1.82, 2.24) is 9.38 Å². The van der Waals surface area contributed by atoms with Crippen LogP contribution in [-0.4, -0.2) is 34.3 Å². The van der Waals surface area contributed by atoms with Crippen molar-refractivity contribution < 1.29 is 19.1 Å². The van der Waals surface area contributed by atoms with Gasteiger partial charge in [-0.15, -0.1) is 0 Å².